The predicted octanol–water partition coefficient (Wildman–Crippen LogP) is 2.84. The van der Waals surface area contributed by atoms with Crippen molar-refractivity contribution in [2.24, 2.45) is 5.92 Å². The minimum absolute atomic E-state index is 0. The third-order valence-corrected chi connectivity index (χ3v) is 4.02. The summed E-state index contributed by atoms with van der Waals surface area (Å²) in [5, 5.41) is 10.9. The second-order valence-corrected chi connectivity index (χ2v) is 5.33. The number of aliphatic hydroxyl groups is 1. The van der Waals surface area contributed by atoms with E-state index in [1.54, 1.807) is 0 Å². The molecule has 3 rings (SSSR count). The molecule has 2 aliphatic heterocycles. The van der Waals surface area contributed by atoms with Crippen molar-refractivity contribution in [1.82, 2.24) is 4.90 Å². The summed E-state index contributed by atoms with van der Waals surface area (Å²) >= 11 is 6.03. The van der Waals surface area contributed by atoms with E-state index in [2.05, 4.69) is 17.0 Å². The molecule has 0 aliphatic carbocycles. The summed E-state index contributed by atoms with van der Waals surface area (Å²) in [6.07, 6.45) is 2.90. The van der Waals surface area contributed by atoms with E-state index in [1.807, 2.05) is 18.2 Å². The van der Waals surface area contributed by atoms with Crippen molar-refractivity contribution in [3.63, 3.8) is 0 Å². The smallest absolute Gasteiger partial charge is 0.0633 e. The Bertz CT molecular complexity index is 461. The van der Waals surface area contributed by atoms with Crippen LogP contribution in [0.15, 0.2) is 30.3 Å². The van der Waals surface area contributed by atoms with E-state index in [4.69, 9.17) is 11.6 Å². The van der Waals surface area contributed by atoms with Gasteiger partial charge in [0.2, 0.25) is 0 Å². The summed E-state index contributed by atoms with van der Waals surface area (Å²) in [7, 11) is 0. The van der Waals surface area contributed by atoms with E-state index in [0.29, 0.717) is 0 Å². The summed E-state index contributed by atoms with van der Waals surface area (Å²) in [4.78, 5) is 2.39. The number of fused-ring (bicyclic) bond motifs is 2. The second-order valence-electron chi connectivity index (χ2n) is 4.89. The van der Waals surface area contributed by atoms with Gasteiger partial charge in [-0.25, -0.2) is 0 Å². The molecule has 2 aliphatic rings. The van der Waals surface area contributed by atoms with Crippen LogP contribution < -0.4 is 0 Å². The maximum Gasteiger partial charge on any atom is 0.0633 e. The Morgan fingerprint density at radius 2 is 2.17 bits per heavy atom. The molecule has 4 heteroatoms. The molecule has 2 bridgehead atoms. The first-order valence-electron chi connectivity index (χ1n) is 6.10. The highest BCUT2D eigenvalue weighted by Crippen LogP contribution is 2.35. The van der Waals surface area contributed by atoms with Crippen LogP contribution in [0.2, 0.25) is 5.02 Å². The highest BCUT2D eigenvalue weighted by atomic mass is 35.5. The van der Waals surface area contributed by atoms with Crippen LogP contribution in [0.1, 0.15) is 12.0 Å². The van der Waals surface area contributed by atoms with Crippen LogP contribution >= 0.6 is 24.0 Å². The lowest BCUT2D eigenvalue weighted by atomic mass is 9.81. The molecule has 1 N–H and O–H groups in total. The number of hydrogen-bond acceptors (Lipinski definition) is 2. The molecule has 1 aromatic carbocycles. The Hall–Kier alpha value is -0.540. The van der Waals surface area contributed by atoms with Crippen LogP contribution in [-0.2, 0) is 0 Å². The van der Waals surface area contributed by atoms with E-state index in [1.165, 1.54) is 5.57 Å². The SMILES string of the molecule is Cl.OC1CCN2CC=C(c3cccc(Cl)c3)C1C2. The van der Waals surface area contributed by atoms with Gasteiger partial charge in [-0.15, -0.1) is 12.4 Å². The first kappa shape index (κ1) is 13.9. The standard InChI is InChI=1S/C14H16ClNO.ClH/c15-11-3-1-2-10(8-11)12-4-6-16-7-5-14(17)13(12)9-16;/h1-4,8,13-14,17H,5-7,9H2;1H. The summed E-state index contributed by atoms with van der Waals surface area (Å²) in [6.45, 7) is 2.97. The summed E-state index contributed by atoms with van der Waals surface area (Å²) in [6, 6.07) is 7.93. The van der Waals surface area contributed by atoms with Crippen LogP contribution in [0.5, 0.6) is 0 Å². The maximum atomic E-state index is 10.1. The molecule has 98 valence electrons. The molecule has 3 atom stereocenters. The quantitative estimate of drug-likeness (QED) is 0.858. The lowest BCUT2D eigenvalue weighted by Crippen LogP contribution is -2.46. The molecule has 0 spiro atoms. The van der Waals surface area contributed by atoms with E-state index in [9.17, 15) is 5.11 Å². The van der Waals surface area contributed by atoms with E-state index >= 15 is 0 Å². The van der Waals surface area contributed by atoms with Gasteiger partial charge in [0, 0.05) is 30.6 Å². The lowest BCUT2D eigenvalue weighted by Gasteiger charge is -2.40. The Kier molecular flexibility index (Phi) is 4.33. The van der Waals surface area contributed by atoms with E-state index in [0.717, 1.165) is 36.6 Å². The fraction of sp³-hybridized carbons (Fsp3) is 0.429. The number of benzene rings is 1. The molecule has 1 saturated heterocycles. The number of nitrogens with zero attached hydrogens (tertiary/aromatic N) is 1. The third kappa shape index (κ3) is 2.57. The fourth-order valence-electron chi connectivity index (χ4n) is 2.86. The first-order chi connectivity index (χ1) is 8.24. The summed E-state index contributed by atoms with van der Waals surface area (Å²) in [5.74, 6) is 0.246. The minimum atomic E-state index is -0.211. The van der Waals surface area contributed by atoms with Crippen molar-refractivity contribution >= 4 is 29.6 Å². The molecule has 0 radical (unpaired) electrons. The molecule has 3 unspecified atom stereocenters. The highest BCUT2D eigenvalue weighted by molar-refractivity contribution is 6.30. The largest absolute Gasteiger partial charge is 0.392 e. The van der Waals surface area contributed by atoms with Crippen molar-refractivity contribution in [3.8, 4) is 0 Å². The van der Waals surface area contributed by atoms with Gasteiger partial charge in [0.1, 0.15) is 0 Å². The van der Waals surface area contributed by atoms with E-state index < -0.39 is 0 Å². The van der Waals surface area contributed by atoms with Crippen LogP contribution in [0, 0.1) is 5.92 Å². The van der Waals surface area contributed by atoms with Crippen LogP contribution in [0.3, 0.4) is 0 Å². The number of piperidine rings is 1. The maximum absolute atomic E-state index is 10.1. The van der Waals surface area contributed by atoms with Gasteiger partial charge in [-0.3, -0.25) is 4.90 Å². The number of hydrogen-bond donors (Lipinski definition) is 1. The Balaban J connectivity index is 0.00000120. The Morgan fingerprint density at radius 1 is 1.33 bits per heavy atom. The summed E-state index contributed by atoms with van der Waals surface area (Å²) < 4.78 is 0. The average molecular weight is 286 g/mol. The third-order valence-electron chi connectivity index (χ3n) is 3.79. The van der Waals surface area contributed by atoms with Gasteiger partial charge in [-0.05, 0) is 29.7 Å². The molecule has 0 amide bonds. The molecule has 2 heterocycles. The van der Waals surface area contributed by atoms with Gasteiger partial charge in [0.15, 0.2) is 0 Å². The molecule has 1 fully saturated rings. The van der Waals surface area contributed by atoms with Gasteiger partial charge >= 0.3 is 0 Å². The van der Waals surface area contributed by atoms with Crippen molar-refractivity contribution in [1.29, 1.82) is 0 Å². The normalized spacial score (nSPS) is 30.3. The lowest BCUT2D eigenvalue weighted by molar-refractivity contribution is 0.0509. The van der Waals surface area contributed by atoms with Gasteiger partial charge in [0.05, 0.1) is 6.10 Å². The predicted molar refractivity (Wildman–Crippen MR) is 77.2 cm³/mol. The molecule has 0 saturated carbocycles. The zero-order valence-electron chi connectivity index (χ0n) is 10.1. The molecule has 1 aromatic rings. The number of rotatable bonds is 1. The highest BCUT2D eigenvalue weighted by Gasteiger charge is 2.33. The summed E-state index contributed by atoms with van der Waals surface area (Å²) in [5.41, 5.74) is 2.42. The minimum Gasteiger partial charge on any atom is -0.392 e. The van der Waals surface area contributed by atoms with E-state index in [-0.39, 0.29) is 24.4 Å². The molecule has 18 heavy (non-hydrogen) atoms. The van der Waals surface area contributed by atoms with Crippen molar-refractivity contribution in [2.75, 3.05) is 19.6 Å². The van der Waals surface area contributed by atoms with Crippen molar-refractivity contribution in [2.45, 2.75) is 12.5 Å². The van der Waals surface area contributed by atoms with Crippen LogP contribution in [0.25, 0.3) is 5.57 Å². The topological polar surface area (TPSA) is 23.5 Å². The Labute approximate surface area is 119 Å². The molecular formula is C14H17Cl2NO. The van der Waals surface area contributed by atoms with Gasteiger partial charge in [-0.1, -0.05) is 29.8 Å². The number of aliphatic hydroxyl groups excluding tert-OH is 1. The number of halogens is 2. The van der Waals surface area contributed by atoms with Gasteiger partial charge in [0.25, 0.3) is 0 Å². The first-order valence-corrected chi connectivity index (χ1v) is 6.48. The zero-order valence-corrected chi connectivity index (χ0v) is 11.6. The monoisotopic (exact) mass is 285 g/mol. The van der Waals surface area contributed by atoms with Crippen LogP contribution in [-0.4, -0.2) is 35.7 Å². The molecular weight excluding hydrogens is 269 g/mol. The van der Waals surface area contributed by atoms with Crippen molar-refractivity contribution < 1.29 is 5.11 Å². The second kappa shape index (κ2) is 5.62. The van der Waals surface area contributed by atoms with Gasteiger partial charge in [-0.2, -0.15) is 0 Å². The molecule has 2 nitrogen and oxygen atoms in total. The average Bonchev–Trinajstić information content (AvgIpc) is 2.34. The van der Waals surface area contributed by atoms with Gasteiger partial charge < -0.3 is 5.11 Å². The Morgan fingerprint density at radius 3 is 2.94 bits per heavy atom. The fourth-order valence-corrected chi connectivity index (χ4v) is 3.05. The zero-order chi connectivity index (χ0) is 11.8. The van der Waals surface area contributed by atoms with Crippen LogP contribution in [0.4, 0.5) is 0 Å². The molecule has 0 aromatic heterocycles. The van der Waals surface area contributed by atoms with Crippen molar-refractivity contribution in [3.05, 3.63) is 40.9 Å².